The maximum Gasteiger partial charge on any atom is 0.341 e. The first-order valence-corrected chi connectivity index (χ1v) is 6.17. The van der Waals surface area contributed by atoms with Gasteiger partial charge in [-0.15, -0.1) is 0 Å². The van der Waals surface area contributed by atoms with Gasteiger partial charge in [-0.25, -0.2) is 13.2 Å². The molecule has 1 rings (SSSR count). The van der Waals surface area contributed by atoms with Gasteiger partial charge >= 0.3 is 5.97 Å². The Kier molecular flexibility index (Phi) is 3.41. The second kappa shape index (κ2) is 4.39. The quantitative estimate of drug-likeness (QED) is 0.712. The van der Waals surface area contributed by atoms with Crippen LogP contribution < -0.4 is 0 Å². The first-order valence-electron chi connectivity index (χ1n) is 4.28. The lowest BCUT2D eigenvalue weighted by atomic mass is 10.3. The topological polar surface area (TPSA) is 73.3 Å². The smallest absolute Gasteiger partial charge is 0.341 e. The van der Waals surface area contributed by atoms with Crippen LogP contribution in [0.5, 0.6) is 0 Å². The zero-order chi connectivity index (χ0) is 11.5. The van der Waals surface area contributed by atoms with E-state index in [0.29, 0.717) is 0 Å². The molecule has 0 atom stereocenters. The Morgan fingerprint density at radius 2 is 2.20 bits per heavy atom. The van der Waals surface area contributed by atoms with Gasteiger partial charge in [0.1, 0.15) is 0 Å². The van der Waals surface area contributed by atoms with Crippen molar-refractivity contribution >= 4 is 15.8 Å². The molecule has 0 aliphatic rings. The summed E-state index contributed by atoms with van der Waals surface area (Å²) in [7, 11) is -3.44. The van der Waals surface area contributed by atoms with Gasteiger partial charge < -0.3 is 4.74 Å². The average Bonchev–Trinajstić information content (AvgIpc) is 2.17. The highest BCUT2D eigenvalue weighted by atomic mass is 32.2. The molecule has 0 amide bonds. The van der Waals surface area contributed by atoms with Gasteiger partial charge in [-0.05, 0) is 13.0 Å². The Bertz CT molecular complexity index is 467. The fourth-order valence-corrected chi connectivity index (χ4v) is 1.91. The normalized spacial score (nSPS) is 11.1. The van der Waals surface area contributed by atoms with Crippen molar-refractivity contribution in [3.63, 3.8) is 0 Å². The third kappa shape index (κ3) is 2.76. The molecule has 0 N–H and O–H groups in total. The lowest BCUT2D eigenvalue weighted by Crippen LogP contribution is -2.11. The second-order valence-electron chi connectivity index (χ2n) is 2.86. The summed E-state index contributed by atoms with van der Waals surface area (Å²) >= 11 is 0. The predicted octanol–water partition coefficient (Wildman–Crippen LogP) is 0.662. The largest absolute Gasteiger partial charge is 0.462 e. The molecule has 0 unspecified atom stereocenters. The van der Waals surface area contributed by atoms with E-state index in [9.17, 15) is 13.2 Å². The summed E-state index contributed by atoms with van der Waals surface area (Å²) in [6.07, 6.45) is 3.54. The lowest BCUT2D eigenvalue weighted by molar-refractivity contribution is 0.0521. The van der Waals surface area contributed by atoms with Gasteiger partial charge in [0.25, 0.3) is 0 Å². The number of nitrogens with zero attached hydrogens (tertiary/aromatic N) is 1. The van der Waals surface area contributed by atoms with Crippen LogP contribution in [0, 0.1) is 0 Å². The van der Waals surface area contributed by atoms with Gasteiger partial charge in [-0.2, -0.15) is 0 Å². The Morgan fingerprint density at radius 1 is 1.53 bits per heavy atom. The molecule has 0 bridgehead atoms. The number of aromatic nitrogens is 1. The van der Waals surface area contributed by atoms with Gasteiger partial charge in [0, 0.05) is 18.6 Å². The highest BCUT2D eigenvalue weighted by Crippen LogP contribution is 2.14. The maximum atomic E-state index is 11.4. The van der Waals surface area contributed by atoms with Crippen LogP contribution in [0.4, 0.5) is 0 Å². The van der Waals surface area contributed by atoms with E-state index in [1.54, 1.807) is 6.92 Å². The van der Waals surface area contributed by atoms with Crippen LogP contribution in [0.3, 0.4) is 0 Å². The number of hydrogen-bond acceptors (Lipinski definition) is 5. The molecule has 5 nitrogen and oxygen atoms in total. The van der Waals surface area contributed by atoms with Crippen molar-refractivity contribution < 1.29 is 17.9 Å². The minimum absolute atomic E-state index is 0.0261. The van der Waals surface area contributed by atoms with E-state index in [4.69, 9.17) is 4.74 Å². The van der Waals surface area contributed by atoms with Gasteiger partial charge in [-0.1, -0.05) is 0 Å². The number of rotatable bonds is 3. The molecule has 15 heavy (non-hydrogen) atoms. The molecular weight excluding hydrogens is 218 g/mol. The number of pyridine rings is 1. The van der Waals surface area contributed by atoms with Crippen molar-refractivity contribution in [1.29, 1.82) is 0 Å². The van der Waals surface area contributed by atoms with Gasteiger partial charge in [-0.3, -0.25) is 4.98 Å². The van der Waals surface area contributed by atoms with Crippen LogP contribution in [0.15, 0.2) is 23.4 Å². The van der Waals surface area contributed by atoms with Crippen molar-refractivity contribution in [1.82, 2.24) is 4.98 Å². The maximum absolute atomic E-state index is 11.4. The van der Waals surface area contributed by atoms with Crippen molar-refractivity contribution in [2.75, 3.05) is 12.9 Å². The van der Waals surface area contributed by atoms with E-state index in [1.807, 2.05) is 0 Å². The Hall–Kier alpha value is -1.43. The number of ether oxygens (including phenoxy) is 1. The highest BCUT2D eigenvalue weighted by Gasteiger charge is 2.19. The van der Waals surface area contributed by atoms with E-state index in [2.05, 4.69) is 4.98 Å². The monoisotopic (exact) mass is 229 g/mol. The molecule has 6 heteroatoms. The lowest BCUT2D eigenvalue weighted by Gasteiger charge is -2.05. The van der Waals surface area contributed by atoms with Crippen LogP contribution in [-0.2, 0) is 14.6 Å². The number of hydrogen-bond donors (Lipinski definition) is 0. The molecular formula is C9H11NO4S. The molecule has 0 radical (unpaired) electrons. The molecule has 0 saturated carbocycles. The molecule has 0 aliphatic heterocycles. The molecule has 0 aromatic carbocycles. The first kappa shape index (κ1) is 11.6. The standard InChI is InChI=1S/C9H11NO4S/c1-3-14-9(11)7-6-10-5-4-8(7)15(2,12)13/h4-6H,3H2,1-2H3. The van der Waals surface area contributed by atoms with Crippen molar-refractivity contribution in [2.24, 2.45) is 0 Å². The molecule has 0 spiro atoms. The summed E-state index contributed by atoms with van der Waals surface area (Å²) in [6, 6.07) is 1.28. The molecule has 0 saturated heterocycles. The molecule has 1 heterocycles. The van der Waals surface area contributed by atoms with E-state index in [1.165, 1.54) is 18.5 Å². The SMILES string of the molecule is CCOC(=O)c1cnccc1S(C)(=O)=O. The minimum Gasteiger partial charge on any atom is -0.462 e. The zero-order valence-electron chi connectivity index (χ0n) is 8.43. The summed E-state index contributed by atoms with van der Waals surface area (Å²) in [5, 5.41) is 0. The Balaban J connectivity index is 3.25. The fraction of sp³-hybridized carbons (Fsp3) is 0.333. The van der Waals surface area contributed by atoms with E-state index < -0.39 is 15.8 Å². The summed E-state index contributed by atoms with van der Waals surface area (Å²) in [5.41, 5.74) is -0.0261. The summed E-state index contributed by atoms with van der Waals surface area (Å²) in [6.45, 7) is 1.84. The van der Waals surface area contributed by atoms with Crippen molar-refractivity contribution in [3.05, 3.63) is 24.0 Å². The summed E-state index contributed by atoms with van der Waals surface area (Å²) < 4.78 is 27.4. The van der Waals surface area contributed by atoms with E-state index in [0.717, 1.165) is 6.26 Å². The highest BCUT2D eigenvalue weighted by molar-refractivity contribution is 7.90. The van der Waals surface area contributed by atoms with Gasteiger partial charge in [0.2, 0.25) is 0 Å². The van der Waals surface area contributed by atoms with Crippen molar-refractivity contribution in [3.8, 4) is 0 Å². The molecule has 1 aromatic heterocycles. The summed E-state index contributed by atoms with van der Waals surface area (Å²) in [4.78, 5) is 15.0. The van der Waals surface area contributed by atoms with Crippen LogP contribution in [-0.4, -0.2) is 32.2 Å². The zero-order valence-corrected chi connectivity index (χ0v) is 9.24. The van der Waals surface area contributed by atoms with Crippen LogP contribution in [0.1, 0.15) is 17.3 Å². The Labute approximate surface area is 88.0 Å². The molecule has 0 aliphatic carbocycles. The number of carbonyl (C=O) groups excluding carboxylic acids is 1. The van der Waals surface area contributed by atoms with Crippen molar-refractivity contribution in [2.45, 2.75) is 11.8 Å². The van der Waals surface area contributed by atoms with Gasteiger partial charge in [0.05, 0.1) is 17.1 Å². The number of esters is 1. The van der Waals surface area contributed by atoms with Crippen LogP contribution in [0.25, 0.3) is 0 Å². The van der Waals surface area contributed by atoms with E-state index >= 15 is 0 Å². The number of carbonyl (C=O) groups is 1. The Morgan fingerprint density at radius 3 is 2.73 bits per heavy atom. The van der Waals surface area contributed by atoms with E-state index in [-0.39, 0.29) is 17.1 Å². The first-order chi connectivity index (χ1) is 6.96. The third-order valence-corrected chi connectivity index (χ3v) is 2.83. The average molecular weight is 229 g/mol. The molecule has 0 fully saturated rings. The van der Waals surface area contributed by atoms with Crippen LogP contribution in [0.2, 0.25) is 0 Å². The minimum atomic E-state index is -3.44. The molecule has 1 aromatic rings. The molecule has 82 valence electrons. The summed E-state index contributed by atoms with van der Waals surface area (Å²) in [5.74, 6) is -0.675. The predicted molar refractivity (Wildman–Crippen MR) is 53.3 cm³/mol. The second-order valence-corrected chi connectivity index (χ2v) is 4.85. The fourth-order valence-electron chi connectivity index (χ4n) is 1.07. The van der Waals surface area contributed by atoms with Gasteiger partial charge in [0.15, 0.2) is 9.84 Å². The number of sulfone groups is 1. The van der Waals surface area contributed by atoms with Crippen LogP contribution >= 0.6 is 0 Å². The third-order valence-electron chi connectivity index (χ3n) is 1.68.